The Bertz CT molecular complexity index is 1030. The van der Waals surface area contributed by atoms with E-state index in [1.54, 1.807) is 6.07 Å². The zero-order valence-electron chi connectivity index (χ0n) is 15.7. The van der Waals surface area contributed by atoms with Crippen molar-refractivity contribution in [1.29, 1.82) is 0 Å². The van der Waals surface area contributed by atoms with Crippen LogP contribution in [0.1, 0.15) is 34.4 Å². The minimum absolute atomic E-state index is 0.0382. The van der Waals surface area contributed by atoms with Crippen LogP contribution in [0.3, 0.4) is 0 Å². The van der Waals surface area contributed by atoms with Gasteiger partial charge in [-0.2, -0.15) is 10.2 Å². The average Bonchev–Trinajstić information content (AvgIpc) is 3.03. The molecule has 0 saturated carbocycles. The molecule has 0 spiro atoms. The minimum atomic E-state index is -0.130. The summed E-state index contributed by atoms with van der Waals surface area (Å²) in [6.45, 7) is 6.85. The van der Waals surface area contributed by atoms with Crippen molar-refractivity contribution in [2.45, 2.75) is 32.2 Å². The first-order chi connectivity index (χ1) is 13.0. The fourth-order valence-electron chi connectivity index (χ4n) is 4.72. The number of fused-ring (bicyclic) bond motifs is 4. The summed E-state index contributed by atoms with van der Waals surface area (Å²) in [5, 5.41) is 8.54. The van der Waals surface area contributed by atoms with E-state index in [2.05, 4.69) is 33.3 Å². The quantitative estimate of drug-likeness (QED) is 0.679. The van der Waals surface area contributed by atoms with E-state index in [0.29, 0.717) is 0 Å². The molecule has 1 saturated heterocycles. The van der Waals surface area contributed by atoms with Gasteiger partial charge in [0.15, 0.2) is 0 Å². The van der Waals surface area contributed by atoms with Gasteiger partial charge in [0.05, 0.1) is 11.4 Å². The molecule has 2 aliphatic rings. The van der Waals surface area contributed by atoms with Crippen molar-refractivity contribution in [2.24, 2.45) is 0 Å². The molecule has 2 atom stereocenters. The third-order valence-corrected chi connectivity index (χ3v) is 6.17. The minimum Gasteiger partial charge on any atom is -0.298 e. The lowest BCUT2D eigenvalue weighted by Gasteiger charge is -2.37. The highest BCUT2D eigenvalue weighted by Crippen LogP contribution is 2.47. The molecule has 27 heavy (non-hydrogen) atoms. The summed E-state index contributed by atoms with van der Waals surface area (Å²) < 4.78 is 13.8. The summed E-state index contributed by atoms with van der Waals surface area (Å²) in [4.78, 5) is 2.51. The van der Waals surface area contributed by atoms with Gasteiger partial charge in [-0.05, 0) is 73.3 Å². The lowest BCUT2D eigenvalue weighted by molar-refractivity contribution is 0.294. The number of aryl methyl sites for hydroxylation is 2. The van der Waals surface area contributed by atoms with Gasteiger partial charge < -0.3 is 0 Å². The van der Waals surface area contributed by atoms with Crippen LogP contribution in [0.5, 0.6) is 0 Å². The molecule has 3 nitrogen and oxygen atoms in total. The van der Waals surface area contributed by atoms with Crippen LogP contribution < -0.4 is 0 Å². The summed E-state index contributed by atoms with van der Waals surface area (Å²) in [5.74, 6) is -0.130. The highest BCUT2D eigenvalue weighted by atomic mass is 19.1. The summed E-state index contributed by atoms with van der Waals surface area (Å²) in [7, 11) is 0. The molecule has 1 aromatic heterocycles. The van der Waals surface area contributed by atoms with Crippen LogP contribution in [-0.2, 0) is 12.0 Å². The topological polar surface area (TPSA) is 29.0 Å². The summed E-state index contributed by atoms with van der Waals surface area (Å²) in [6.07, 6.45) is 1.08. The van der Waals surface area contributed by atoms with Gasteiger partial charge in [0.25, 0.3) is 0 Å². The van der Waals surface area contributed by atoms with Crippen LogP contribution in [0, 0.1) is 19.7 Å². The van der Waals surface area contributed by atoms with Crippen LogP contribution in [0.2, 0.25) is 0 Å². The van der Waals surface area contributed by atoms with Crippen molar-refractivity contribution < 1.29 is 4.39 Å². The SMILES string of the molecule is Cc1ccc(-c2ccc3c(c2)CN2CCC3(c3ccc(F)c(C)c3)C2)nn1. The Balaban J connectivity index is 1.63. The number of rotatable bonds is 2. The maximum atomic E-state index is 13.8. The molecule has 0 radical (unpaired) electrons. The standard InChI is InChI=1S/C23H22FN3/c1-15-11-19(5-7-21(15)24)23-9-10-27(14-23)13-18-12-17(4-6-20(18)23)22-8-3-16(2)25-26-22/h3-8,11-12H,9-10,13-14H2,1-2H3. The lowest BCUT2D eigenvalue weighted by Crippen LogP contribution is -2.37. The van der Waals surface area contributed by atoms with Crippen molar-refractivity contribution >= 4 is 0 Å². The number of benzene rings is 2. The Hall–Kier alpha value is -2.59. The highest BCUT2D eigenvalue weighted by Gasteiger charge is 2.45. The number of halogens is 1. The molecular formula is C23H22FN3. The smallest absolute Gasteiger partial charge is 0.126 e. The normalized spacial score (nSPS) is 23.3. The van der Waals surface area contributed by atoms with Crippen molar-refractivity contribution in [2.75, 3.05) is 13.1 Å². The van der Waals surface area contributed by atoms with Crippen LogP contribution in [-0.4, -0.2) is 28.2 Å². The van der Waals surface area contributed by atoms with E-state index in [4.69, 9.17) is 0 Å². The predicted molar refractivity (Wildman–Crippen MR) is 104 cm³/mol. The van der Waals surface area contributed by atoms with Crippen LogP contribution in [0.25, 0.3) is 11.3 Å². The highest BCUT2D eigenvalue weighted by molar-refractivity contribution is 5.63. The number of aromatic nitrogens is 2. The molecule has 2 aromatic carbocycles. The Morgan fingerprint density at radius 1 is 1.00 bits per heavy atom. The zero-order valence-corrected chi connectivity index (χ0v) is 15.7. The lowest BCUT2D eigenvalue weighted by atomic mass is 9.70. The Labute approximate surface area is 158 Å². The van der Waals surface area contributed by atoms with Crippen molar-refractivity contribution in [3.05, 3.63) is 82.3 Å². The largest absolute Gasteiger partial charge is 0.298 e. The third kappa shape index (κ3) is 2.59. The molecule has 1 fully saturated rings. The van der Waals surface area contributed by atoms with E-state index in [1.165, 1.54) is 16.7 Å². The molecule has 0 N–H and O–H groups in total. The van der Waals surface area contributed by atoms with Gasteiger partial charge in [-0.1, -0.05) is 24.3 Å². The maximum Gasteiger partial charge on any atom is 0.126 e. The molecule has 2 bridgehead atoms. The first kappa shape index (κ1) is 16.6. The van der Waals surface area contributed by atoms with Gasteiger partial charge in [0, 0.05) is 24.1 Å². The molecule has 4 heteroatoms. The molecule has 136 valence electrons. The van der Waals surface area contributed by atoms with Crippen molar-refractivity contribution in [3.63, 3.8) is 0 Å². The number of nitrogens with zero attached hydrogens (tertiary/aromatic N) is 3. The monoisotopic (exact) mass is 359 g/mol. The molecule has 2 unspecified atom stereocenters. The number of hydrogen-bond donors (Lipinski definition) is 0. The Kier molecular flexibility index (Phi) is 3.66. The Morgan fingerprint density at radius 2 is 1.89 bits per heavy atom. The summed E-state index contributed by atoms with van der Waals surface area (Å²) >= 11 is 0. The van der Waals surface area contributed by atoms with Crippen LogP contribution in [0.15, 0.2) is 48.5 Å². The molecule has 3 heterocycles. The van der Waals surface area contributed by atoms with Crippen LogP contribution in [0.4, 0.5) is 4.39 Å². The fraction of sp³-hybridized carbons (Fsp3) is 0.304. The van der Waals surface area contributed by atoms with Crippen molar-refractivity contribution in [3.8, 4) is 11.3 Å². The Morgan fingerprint density at radius 3 is 2.67 bits per heavy atom. The van der Waals surface area contributed by atoms with Crippen molar-refractivity contribution in [1.82, 2.24) is 15.1 Å². The molecule has 3 aromatic rings. The van der Waals surface area contributed by atoms with E-state index in [-0.39, 0.29) is 11.2 Å². The molecule has 5 rings (SSSR count). The second-order valence-corrected chi connectivity index (χ2v) is 7.94. The fourth-order valence-corrected chi connectivity index (χ4v) is 4.72. The van der Waals surface area contributed by atoms with Gasteiger partial charge in [-0.3, -0.25) is 4.90 Å². The van der Waals surface area contributed by atoms with Crippen LogP contribution >= 0.6 is 0 Å². The molecule has 2 aliphatic heterocycles. The average molecular weight is 359 g/mol. The second-order valence-electron chi connectivity index (χ2n) is 7.94. The van der Waals surface area contributed by atoms with Gasteiger partial charge >= 0.3 is 0 Å². The maximum absolute atomic E-state index is 13.8. The first-order valence-electron chi connectivity index (χ1n) is 9.48. The van der Waals surface area contributed by atoms with E-state index < -0.39 is 0 Å². The van der Waals surface area contributed by atoms with E-state index in [1.807, 2.05) is 38.1 Å². The van der Waals surface area contributed by atoms with Gasteiger partial charge in [0.2, 0.25) is 0 Å². The van der Waals surface area contributed by atoms with Gasteiger partial charge in [0.1, 0.15) is 5.82 Å². The zero-order chi connectivity index (χ0) is 18.6. The summed E-state index contributed by atoms with van der Waals surface area (Å²) in [6, 6.07) is 16.3. The summed E-state index contributed by atoms with van der Waals surface area (Å²) in [5.41, 5.74) is 7.57. The third-order valence-electron chi connectivity index (χ3n) is 6.17. The van der Waals surface area contributed by atoms with E-state index in [9.17, 15) is 4.39 Å². The predicted octanol–water partition coefficient (Wildman–Crippen LogP) is 4.40. The first-order valence-corrected chi connectivity index (χ1v) is 9.48. The van der Waals surface area contributed by atoms with E-state index >= 15 is 0 Å². The van der Waals surface area contributed by atoms with Gasteiger partial charge in [-0.25, -0.2) is 4.39 Å². The molecular weight excluding hydrogens is 337 g/mol. The second kappa shape index (κ2) is 5.96. The molecule has 0 amide bonds. The number of hydrogen-bond acceptors (Lipinski definition) is 3. The van der Waals surface area contributed by atoms with E-state index in [0.717, 1.165) is 48.6 Å². The van der Waals surface area contributed by atoms with Gasteiger partial charge in [-0.15, -0.1) is 0 Å². The molecule has 0 aliphatic carbocycles.